The predicted octanol–water partition coefficient (Wildman–Crippen LogP) is 4.53. The zero-order valence-electron chi connectivity index (χ0n) is 13.8. The highest BCUT2D eigenvalue weighted by Crippen LogP contribution is 2.22. The molecule has 1 amide bonds. The zero-order chi connectivity index (χ0) is 18.5. The summed E-state index contributed by atoms with van der Waals surface area (Å²) in [6, 6.07) is 14.5. The van der Waals surface area contributed by atoms with Gasteiger partial charge < -0.3 is 10.1 Å². The molecule has 0 aliphatic carbocycles. The summed E-state index contributed by atoms with van der Waals surface area (Å²) in [6.45, 7) is 1.50. The summed E-state index contributed by atoms with van der Waals surface area (Å²) in [5, 5.41) is 3.73. The van der Waals surface area contributed by atoms with Gasteiger partial charge in [-0.25, -0.2) is 9.78 Å². The molecule has 0 saturated heterocycles. The van der Waals surface area contributed by atoms with Crippen LogP contribution in [0.2, 0.25) is 5.02 Å². The molecule has 0 unspecified atom stereocenters. The summed E-state index contributed by atoms with van der Waals surface area (Å²) in [5.74, 6) is -1.08. The molecule has 5 nitrogen and oxygen atoms in total. The minimum Gasteiger partial charge on any atom is -0.449 e. The predicted molar refractivity (Wildman–Crippen MR) is 104 cm³/mol. The van der Waals surface area contributed by atoms with Crippen LogP contribution in [0.5, 0.6) is 0 Å². The lowest BCUT2D eigenvalue weighted by atomic mass is 10.3. The summed E-state index contributed by atoms with van der Waals surface area (Å²) < 4.78 is 6.15. The Balaban J connectivity index is 1.58. The number of carbonyl (C=O) groups excluding carboxylic acids is 2. The van der Waals surface area contributed by atoms with Crippen LogP contribution in [0.15, 0.2) is 54.6 Å². The van der Waals surface area contributed by atoms with Crippen molar-refractivity contribution >= 4 is 56.8 Å². The van der Waals surface area contributed by atoms with Crippen molar-refractivity contribution in [2.75, 3.05) is 5.32 Å². The average Bonchev–Trinajstić information content (AvgIpc) is 3.05. The van der Waals surface area contributed by atoms with Crippen LogP contribution in [0.25, 0.3) is 16.3 Å². The molecule has 0 fully saturated rings. The Hall–Kier alpha value is -2.70. The Kier molecular flexibility index (Phi) is 5.65. The number of anilines is 1. The second-order valence-electron chi connectivity index (χ2n) is 5.40. The van der Waals surface area contributed by atoms with Crippen molar-refractivity contribution in [3.63, 3.8) is 0 Å². The normalized spacial score (nSPS) is 12.2. The molecule has 2 aromatic carbocycles. The molecular formula is C19H15ClN2O3S. The number of ether oxygens (including phenoxy) is 1. The number of nitrogens with zero attached hydrogens (tertiary/aromatic N) is 1. The SMILES string of the molecule is C[C@@H](OC(=O)/C=C/c1nc2ccccc2s1)C(=O)Nc1ccccc1Cl. The molecule has 26 heavy (non-hydrogen) atoms. The van der Waals surface area contributed by atoms with Gasteiger partial charge in [-0.1, -0.05) is 35.9 Å². The quantitative estimate of drug-likeness (QED) is 0.516. The van der Waals surface area contributed by atoms with Crippen molar-refractivity contribution in [3.8, 4) is 0 Å². The number of hydrogen-bond donors (Lipinski definition) is 1. The lowest BCUT2D eigenvalue weighted by molar-refractivity contribution is -0.148. The summed E-state index contributed by atoms with van der Waals surface area (Å²) >= 11 is 7.46. The Morgan fingerprint density at radius 3 is 2.69 bits per heavy atom. The van der Waals surface area contributed by atoms with E-state index in [2.05, 4.69) is 10.3 Å². The fraction of sp³-hybridized carbons (Fsp3) is 0.105. The molecule has 0 aliphatic rings. The molecule has 3 rings (SSSR count). The van der Waals surface area contributed by atoms with Gasteiger partial charge in [0.15, 0.2) is 6.10 Å². The van der Waals surface area contributed by atoms with Crippen LogP contribution >= 0.6 is 22.9 Å². The molecule has 0 saturated carbocycles. The number of fused-ring (bicyclic) bond motifs is 1. The number of para-hydroxylation sites is 2. The van der Waals surface area contributed by atoms with Gasteiger partial charge in [-0.15, -0.1) is 11.3 Å². The van der Waals surface area contributed by atoms with Crippen LogP contribution < -0.4 is 5.32 Å². The molecule has 7 heteroatoms. The standard InChI is InChI=1S/C19H15ClN2O3S/c1-12(19(24)22-14-7-3-2-6-13(14)20)25-18(23)11-10-17-21-15-8-4-5-9-16(15)26-17/h2-12H,1H3,(H,22,24)/b11-10+/t12-/m1/s1. The Labute approximate surface area is 159 Å². The first-order valence-corrected chi connectivity index (χ1v) is 9.02. The van der Waals surface area contributed by atoms with Gasteiger partial charge in [0.1, 0.15) is 5.01 Å². The molecule has 0 radical (unpaired) electrons. The number of esters is 1. The van der Waals surface area contributed by atoms with Gasteiger partial charge in [0.05, 0.1) is 20.9 Å². The maximum absolute atomic E-state index is 12.1. The number of thiazole rings is 1. The Morgan fingerprint density at radius 1 is 1.19 bits per heavy atom. The van der Waals surface area contributed by atoms with Gasteiger partial charge in [-0.05, 0) is 37.3 Å². The Bertz CT molecular complexity index is 951. The molecule has 0 bridgehead atoms. The zero-order valence-corrected chi connectivity index (χ0v) is 15.4. The van der Waals surface area contributed by atoms with E-state index in [1.54, 1.807) is 30.3 Å². The smallest absolute Gasteiger partial charge is 0.331 e. The number of hydrogen-bond acceptors (Lipinski definition) is 5. The third-order valence-corrected chi connectivity index (χ3v) is 4.80. The molecule has 1 N–H and O–H groups in total. The molecular weight excluding hydrogens is 372 g/mol. The molecule has 1 aromatic heterocycles. The maximum Gasteiger partial charge on any atom is 0.331 e. The third kappa shape index (κ3) is 4.47. The largest absolute Gasteiger partial charge is 0.449 e. The van der Waals surface area contributed by atoms with Gasteiger partial charge in [-0.2, -0.15) is 0 Å². The van der Waals surface area contributed by atoms with Crippen LogP contribution in [0.3, 0.4) is 0 Å². The van der Waals surface area contributed by atoms with Gasteiger partial charge in [-0.3, -0.25) is 4.79 Å². The number of halogens is 1. The van der Waals surface area contributed by atoms with E-state index >= 15 is 0 Å². The second kappa shape index (κ2) is 8.12. The molecule has 1 atom stereocenters. The van der Waals surface area contributed by atoms with E-state index in [0.717, 1.165) is 10.2 Å². The fourth-order valence-corrected chi connectivity index (χ4v) is 3.22. The van der Waals surface area contributed by atoms with Gasteiger partial charge in [0, 0.05) is 6.08 Å². The van der Waals surface area contributed by atoms with E-state index in [0.29, 0.717) is 15.7 Å². The fourth-order valence-electron chi connectivity index (χ4n) is 2.16. The highest BCUT2D eigenvalue weighted by molar-refractivity contribution is 7.19. The lowest BCUT2D eigenvalue weighted by Gasteiger charge is -2.13. The van der Waals surface area contributed by atoms with Crippen molar-refractivity contribution in [1.29, 1.82) is 0 Å². The number of carbonyl (C=O) groups is 2. The highest BCUT2D eigenvalue weighted by atomic mass is 35.5. The van der Waals surface area contributed by atoms with Crippen LogP contribution in [0.1, 0.15) is 11.9 Å². The summed E-state index contributed by atoms with van der Waals surface area (Å²) in [7, 11) is 0. The van der Waals surface area contributed by atoms with E-state index in [1.807, 2.05) is 24.3 Å². The number of aromatic nitrogens is 1. The van der Waals surface area contributed by atoms with Crippen molar-refractivity contribution in [2.45, 2.75) is 13.0 Å². The lowest BCUT2D eigenvalue weighted by Crippen LogP contribution is -2.29. The van der Waals surface area contributed by atoms with Crippen LogP contribution in [-0.2, 0) is 14.3 Å². The van der Waals surface area contributed by atoms with Crippen LogP contribution in [0.4, 0.5) is 5.69 Å². The first-order valence-electron chi connectivity index (χ1n) is 7.82. The third-order valence-electron chi connectivity index (χ3n) is 3.47. The molecule has 0 spiro atoms. The molecule has 1 heterocycles. The van der Waals surface area contributed by atoms with Crippen molar-refractivity contribution in [3.05, 3.63) is 64.6 Å². The van der Waals surface area contributed by atoms with Crippen LogP contribution in [0, 0.1) is 0 Å². The van der Waals surface area contributed by atoms with Crippen LogP contribution in [-0.4, -0.2) is 23.0 Å². The van der Waals surface area contributed by atoms with Gasteiger partial charge in [0.25, 0.3) is 5.91 Å². The highest BCUT2D eigenvalue weighted by Gasteiger charge is 2.17. The minimum atomic E-state index is -0.959. The second-order valence-corrected chi connectivity index (χ2v) is 6.87. The number of benzene rings is 2. The minimum absolute atomic E-state index is 0.412. The van der Waals surface area contributed by atoms with E-state index in [4.69, 9.17) is 16.3 Å². The number of nitrogens with one attached hydrogen (secondary N) is 1. The van der Waals surface area contributed by atoms with Crippen molar-refractivity contribution < 1.29 is 14.3 Å². The first-order chi connectivity index (χ1) is 12.5. The maximum atomic E-state index is 12.1. The summed E-state index contributed by atoms with van der Waals surface area (Å²) in [4.78, 5) is 28.4. The monoisotopic (exact) mass is 386 g/mol. The molecule has 0 aliphatic heterocycles. The molecule has 3 aromatic rings. The average molecular weight is 387 g/mol. The Morgan fingerprint density at radius 2 is 1.92 bits per heavy atom. The topological polar surface area (TPSA) is 68.3 Å². The summed E-state index contributed by atoms with van der Waals surface area (Å²) in [6.07, 6.45) is 1.88. The van der Waals surface area contributed by atoms with E-state index in [9.17, 15) is 9.59 Å². The number of amides is 1. The van der Waals surface area contributed by atoms with Gasteiger partial charge in [0.2, 0.25) is 0 Å². The molecule has 132 valence electrons. The first kappa shape index (κ1) is 18.1. The van der Waals surface area contributed by atoms with Crippen molar-refractivity contribution in [2.24, 2.45) is 0 Å². The van der Waals surface area contributed by atoms with Crippen molar-refractivity contribution in [1.82, 2.24) is 4.98 Å². The van der Waals surface area contributed by atoms with Gasteiger partial charge >= 0.3 is 5.97 Å². The van der Waals surface area contributed by atoms with E-state index in [-0.39, 0.29) is 0 Å². The number of rotatable bonds is 5. The van der Waals surface area contributed by atoms with E-state index in [1.165, 1.54) is 24.3 Å². The summed E-state index contributed by atoms with van der Waals surface area (Å²) in [5.41, 5.74) is 1.34. The van der Waals surface area contributed by atoms with E-state index < -0.39 is 18.0 Å².